The minimum absolute atomic E-state index is 0.00841. The number of fused-ring (bicyclic) bond motifs is 1. The van der Waals surface area contributed by atoms with Crippen LogP contribution in [0, 0.1) is 6.92 Å². The van der Waals surface area contributed by atoms with Crippen LogP contribution in [0.5, 0.6) is 0 Å². The molecule has 154 valence electrons. The Morgan fingerprint density at radius 2 is 1.83 bits per heavy atom. The Balaban J connectivity index is 1.38. The van der Waals surface area contributed by atoms with Gasteiger partial charge in [-0.1, -0.05) is 29.8 Å². The van der Waals surface area contributed by atoms with Crippen molar-refractivity contribution in [1.82, 2.24) is 14.7 Å². The number of rotatable bonds is 3. The molecule has 7 nitrogen and oxygen atoms in total. The quantitative estimate of drug-likeness (QED) is 0.750. The van der Waals surface area contributed by atoms with Gasteiger partial charge in [-0.25, -0.2) is 8.42 Å². The van der Waals surface area contributed by atoms with E-state index in [1.165, 1.54) is 11.1 Å². The Labute approximate surface area is 172 Å². The molecule has 1 aromatic rings. The Morgan fingerprint density at radius 1 is 1.03 bits per heavy atom. The Hall–Kier alpha value is -2.45. The Kier molecular flexibility index (Phi) is 5.56. The lowest BCUT2D eigenvalue weighted by atomic mass is 10.1. The summed E-state index contributed by atoms with van der Waals surface area (Å²) in [5, 5.41) is 0. The van der Waals surface area contributed by atoms with E-state index in [9.17, 15) is 13.2 Å². The van der Waals surface area contributed by atoms with E-state index < -0.39 is 10.0 Å². The predicted molar refractivity (Wildman–Crippen MR) is 113 cm³/mol. The number of sulfonamides is 1. The van der Waals surface area contributed by atoms with E-state index >= 15 is 0 Å². The number of hydrogen-bond acceptors (Lipinski definition) is 5. The Morgan fingerprint density at radius 3 is 2.62 bits per heavy atom. The van der Waals surface area contributed by atoms with Gasteiger partial charge < -0.3 is 9.80 Å². The van der Waals surface area contributed by atoms with Gasteiger partial charge in [0.05, 0.1) is 11.3 Å². The standard InChI is InChI=1S/C21H26N4O3S/c1-17-3-5-18(6-4-17)15-23-9-2-10-24(12-11-23)21(26)19-7-8-20-22-29(27,28)14-13-25(20)16-19/h3-8,16H,2,9-15H2,1H3. The van der Waals surface area contributed by atoms with Gasteiger partial charge in [-0.3, -0.25) is 9.69 Å². The molecule has 0 atom stereocenters. The second kappa shape index (κ2) is 8.12. The first-order valence-corrected chi connectivity index (χ1v) is 11.6. The zero-order chi connectivity index (χ0) is 20.4. The molecule has 3 aliphatic rings. The summed E-state index contributed by atoms with van der Waals surface area (Å²) < 4.78 is 27.0. The van der Waals surface area contributed by atoms with Crippen molar-refractivity contribution in [2.45, 2.75) is 19.9 Å². The molecule has 0 aliphatic carbocycles. The lowest BCUT2D eigenvalue weighted by Gasteiger charge is -2.29. The molecular weight excluding hydrogens is 388 g/mol. The zero-order valence-electron chi connectivity index (χ0n) is 16.6. The number of hydrogen-bond donors (Lipinski definition) is 0. The van der Waals surface area contributed by atoms with Crippen LogP contribution in [-0.2, 0) is 21.4 Å². The lowest BCUT2D eigenvalue weighted by molar-refractivity contribution is -0.126. The lowest BCUT2D eigenvalue weighted by Crippen LogP contribution is -2.40. The number of amidine groups is 1. The molecule has 0 spiro atoms. The van der Waals surface area contributed by atoms with E-state index in [1.807, 2.05) is 4.90 Å². The summed E-state index contributed by atoms with van der Waals surface area (Å²) >= 11 is 0. The first kappa shape index (κ1) is 19.8. The fourth-order valence-corrected chi connectivity index (χ4v) is 4.76. The van der Waals surface area contributed by atoms with E-state index in [4.69, 9.17) is 0 Å². The number of carbonyl (C=O) groups is 1. The van der Waals surface area contributed by atoms with Crippen LogP contribution in [0.3, 0.4) is 0 Å². The molecule has 0 radical (unpaired) electrons. The normalized spacial score (nSPS) is 21.8. The van der Waals surface area contributed by atoms with Crippen molar-refractivity contribution >= 4 is 21.8 Å². The van der Waals surface area contributed by atoms with Crippen LogP contribution in [0.2, 0.25) is 0 Å². The molecule has 1 aromatic carbocycles. The number of amides is 1. The first-order valence-electron chi connectivity index (χ1n) is 9.96. The van der Waals surface area contributed by atoms with E-state index in [2.05, 4.69) is 40.5 Å². The fraction of sp³-hybridized carbons (Fsp3) is 0.429. The molecule has 0 N–H and O–H groups in total. The van der Waals surface area contributed by atoms with Gasteiger partial charge in [-0.05, 0) is 31.1 Å². The summed E-state index contributed by atoms with van der Waals surface area (Å²) in [6.45, 7) is 6.53. The molecule has 1 saturated heterocycles. The van der Waals surface area contributed by atoms with Crippen LogP contribution in [0.1, 0.15) is 17.5 Å². The molecule has 1 fully saturated rings. The molecule has 29 heavy (non-hydrogen) atoms. The smallest absolute Gasteiger partial charge is 0.256 e. The Bertz CT molecular complexity index is 980. The molecule has 3 heterocycles. The van der Waals surface area contributed by atoms with Crippen molar-refractivity contribution in [3.05, 3.63) is 59.3 Å². The average molecular weight is 415 g/mol. The monoisotopic (exact) mass is 414 g/mol. The molecule has 4 rings (SSSR count). The maximum absolute atomic E-state index is 13.0. The zero-order valence-corrected chi connectivity index (χ0v) is 17.4. The van der Waals surface area contributed by atoms with Crippen molar-refractivity contribution in [2.24, 2.45) is 4.40 Å². The van der Waals surface area contributed by atoms with Crippen LogP contribution >= 0.6 is 0 Å². The summed E-state index contributed by atoms with van der Waals surface area (Å²) in [6, 6.07) is 8.60. The van der Waals surface area contributed by atoms with E-state index in [-0.39, 0.29) is 11.7 Å². The van der Waals surface area contributed by atoms with Crippen molar-refractivity contribution in [3.8, 4) is 0 Å². The maximum Gasteiger partial charge on any atom is 0.256 e. The summed E-state index contributed by atoms with van der Waals surface area (Å²) in [4.78, 5) is 19.0. The van der Waals surface area contributed by atoms with Gasteiger partial charge in [0, 0.05) is 45.5 Å². The topological polar surface area (TPSA) is 73.3 Å². The van der Waals surface area contributed by atoms with Gasteiger partial charge in [-0.2, -0.15) is 0 Å². The molecule has 0 aromatic heterocycles. The van der Waals surface area contributed by atoms with Crippen molar-refractivity contribution in [1.29, 1.82) is 0 Å². The van der Waals surface area contributed by atoms with Gasteiger partial charge >= 0.3 is 0 Å². The summed E-state index contributed by atoms with van der Waals surface area (Å²) in [5.74, 6) is 0.346. The second-order valence-electron chi connectivity index (χ2n) is 7.75. The van der Waals surface area contributed by atoms with E-state index in [1.54, 1.807) is 23.3 Å². The van der Waals surface area contributed by atoms with E-state index in [0.29, 0.717) is 24.5 Å². The third-order valence-electron chi connectivity index (χ3n) is 5.47. The summed E-state index contributed by atoms with van der Waals surface area (Å²) in [5.41, 5.74) is 3.13. The highest BCUT2D eigenvalue weighted by Crippen LogP contribution is 2.18. The van der Waals surface area contributed by atoms with Crippen LogP contribution in [0.25, 0.3) is 0 Å². The predicted octanol–water partition coefficient (Wildman–Crippen LogP) is 1.53. The number of nitrogens with zero attached hydrogens (tertiary/aromatic N) is 4. The number of benzene rings is 1. The van der Waals surface area contributed by atoms with Crippen LogP contribution in [0.4, 0.5) is 0 Å². The minimum atomic E-state index is -3.39. The molecule has 0 bridgehead atoms. The van der Waals surface area contributed by atoms with E-state index in [0.717, 1.165) is 32.6 Å². The van der Waals surface area contributed by atoms with Crippen LogP contribution in [0.15, 0.2) is 52.6 Å². The number of carbonyl (C=O) groups excluding carboxylic acids is 1. The van der Waals surface area contributed by atoms with Gasteiger partial charge in [0.15, 0.2) is 0 Å². The fourth-order valence-electron chi connectivity index (χ4n) is 3.79. The van der Waals surface area contributed by atoms with Crippen molar-refractivity contribution < 1.29 is 13.2 Å². The third-order valence-corrected chi connectivity index (χ3v) is 6.64. The van der Waals surface area contributed by atoms with Crippen molar-refractivity contribution in [3.63, 3.8) is 0 Å². The highest BCUT2D eigenvalue weighted by atomic mass is 32.2. The second-order valence-corrected chi connectivity index (χ2v) is 9.51. The molecule has 8 heteroatoms. The average Bonchev–Trinajstić information content (AvgIpc) is 2.94. The van der Waals surface area contributed by atoms with Crippen LogP contribution < -0.4 is 0 Å². The minimum Gasteiger partial charge on any atom is -0.337 e. The summed E-state index contributed by atoms with van der Waals surface area (Å²) in [6.07, 6.45) is 5.95. The first-order chi connectivity index (χ1) is 13.9. The molecule has 1 amide bonds. The summed E-state index contributed by atoms with van der Waals surface area (Å²) in [7, 11) is -3.39. The maximum atomic E-state index is 13.0. The highest BCUT2D eigenvalue weighted by molar-refractivity contribution is 7.90. The van der Waals surface area contributed by atoms with Gasteiger partial charge in [0.25, 0.3) is 15.9 Å². The molecule has 3 aliphatic heterocycles. The highest BCUT2D eigenvalue weighted by Gasteiger charge is 2.27. The van der Waals surface area contributed by atoms with Gasteiger partial charge in [0.1, 0.15) is 5.84 Å². The van der Waals surface area contributed by atoms with Gasteiger partial charge in [-0.15, -0.1) is 4.40 Å². The molecule has 0 unspecified atom stereocenters. The third kappa shape index (κ3) is 4.76. The molecule has 0 saturated carbocycles. The SMILES string of the molecule is Cc1ccc(CN2CCCN(C(=O)C3=CN4CCS(=O)(=O)N=C4C=C3)CC2)cc1. The molecular formula is C21H26N4O3S. The number of aryl methyl sites for hydroxylation is 1. The van der Waals surface area contributed by atoms with Crippen LogP contribution in [-0.4, -0.2) is 73.3 Å². The van der Waals surface area contributed by atoms with Gasteiger partial charge in [0.2, 0.25) is 0 Å². The van der Waals surface area contributed by atoms with Crippen molar-refractivity contribution in [2.75, 3.05) is 38.5 Å². The largest absolute Gasteiger partial charge is 0.337 e.